The Morgan fingerprint density at radius 3 is 2.92 bits per heavy atom. The van der Waals surface area contributed by atoms with Gasteiger partial charge in [-0.1, -0.05) is 29.8 Å². The van der Waals surface area contributed by atoms with Gasteiger partial charge in [0.15, 0.2) is 0 Å². The Morgan fingerprint density at radius 2 is 2.19 bits per heavy atom. The molecule has 1 atom stereocenters. The number of hydrogen-bond acceptors (Lipinski definition) is 6. The second-order valence-electron chi connectivity index (χ2n) is 5.76. The molecule has 0 radical (unpaired) electrons. The first-order valence-electron chi connectivity index (χ1n) is 8.27. The van der Waals surface area contributed by atoms with Crippen molar-refractivity contribution in [3.8, 4) is 17.0 Å². The summed E-state index contributed by atoms with van der Waals surface area (Å²) in [6.45, 7) is 3.54. The highest BCUT2D eigenvalue weighted by Crippen LogP contribution is 2.25. The molecule has 7 heteroatoms. The maximum absolute atomic E-state index is 10.1. The molecule has 136 valence electrons. The number of halogens is 1. The average Bonchev–Trinajstić information content (AvgIpc) is 3.08. The second-order valence-corrected chi connectivity index (χ2v) is 7.21. The van der Waals surface area contributed by atoms with Crippen LogP contribution in [0.2, 0.25) is 5.15 Å². The van der Waals surface area contributed by atoms with Crippen LogP contribution in [-0.4, -0.2) is 34.8 Å². The maximum atomic E-state index is 10.1. The molecule has 2 aromatic heterocycles. The van der Waals surface area contributed by atoms with Crippen molar-refractivity contribution >= 4 is 22.9 Å². The van der Waals surface area contributed by atoms with E-state index in [1.54, 1.807) is 29.7 Å². The van der Waals surface area contributed by atoms with Crippen molar-refractivity contribution in [1.29, 1.82) is 0 Å². The Bertz CT molecular complexity index is 839. The largest absolute Gasteiger partial charge is 0.492 e. The summed E-state index contributed by atoms with van der Waals surface area (Å²) in [5, 5.41) is 16.8. The zero-order valence-corrected chi connectivity index (χ0v) is 15.9. The number of hydrogen-bond donors (Lipinski definition) is 2. The Morgan fingerprint density at radius 1 is 1.31 bits per heavy atom. The molecule has 5 nitrogen and oxygen atoms in total. The van der Waals surface area contributed by atoms with E-state index in [1.165, 1.54) is 0 Å². The van der Waals surface area contributed by atoms with Crippen LogP contribution in [0.3, 0.4) is 0 Å². The van der Waals surface area contributed by atoms with Gasteiger partial charge in [-0.3, -0.25) is 0 Å². The standard InChI is InChI=1S/C19H20ClN3O2S/c1-13-23-17(12-26-13)14-3-2-4-16(9-14)25-8-7-21-11-18(24)15-5-6-19(20)22-10-15/h2-6,9-10,12,18,21,24H,7-8,11H2,1H3/t18-/m0/s1. The lowest BCUT2D eigenvalue weighted by atomic mass is 10.1. The van der Waals surface area contributed by atoms with E-state index < -0.39 is 6.10 Å². The first-order valence-corrected chi connectivity index (χ1v) is 9.53. The highest BCUT2D eigenvalue weighted by atomic mass is 35.5. The monoisotopic (exact) mass is 389 g/mol. The van der Waals surface area contributed by atoms with Crippen LogP contribution in [0.25, 0.3) is 11.3 Å². The molecule has 0 saturated heterocycles. The van der Waals surface area contributed by atoms with Gasteiger partial charge in [0.05, 0.1) is 16.8 Å². The van der Waals surface area contributed by atoms with Crippen LogP contribution >= 0.6 is 22.9 Å². The zero-order valence-electron chi connectivity index (χ0n) is 14.4. The quantitative estimate of drug-likeness (QED) is 0.452. The molecule has 0 spiro atoms. The number of nitrogens with one attached hydrogen (secondary N) is 1. The number of aryl methyl sites for hydroxylation is 1. The molecule has 2 heterocycles. The smallest absolute Gasteiger partial charge is 0.129 e. The van der Waals surface area contributed by atoms with Gasteiger partial charge in [0.2, 0.25) is 0 Å². The summed E-state index contributed by atoms with van der Waals surface area (Å²) >= 11 is 7.38. The van der Waals surface area contributed by atoms with Crippen molar-refractivity contribution < 1.29 is 9.84 Å². The van der Waals surface area contributed by atoms with E-state index in [2.05, 4.69) is 15.3 Å². The van der Waals surface area contributed by atoms with Gasteiger partial charge in [0.25, 0.3) is 0 Å². The Labute approximate surface area is 161 Å². The highest BCUT2D eigenvalue weighted by Gasteiger charge is 2.07. The zero-order chi connectivity index (χ0) is 18.4. The normalized spacial score (nSPS) is 12.1. The van der Waals surface area contributed by atoms with Crippen molar-refractivity contribution in [2.24, 2.45) is 0 Å². The molecule has 0 amide bonds. The van der Waals surface area contributed by atoms with Crippen LogP contribution in [0.1, 0.15) is 16.7 Å². The second kappa shape index (κ2) is 9.09. The fourth-order valence-corrected chi connectivity index (χ4v) is 3.16. The topological polar surface area (TPSA) is 67.3 Å². The molecule has 0 bridgehead atoms. The van der Waals surface area contributed by atoms with Crippen LogP contribution < -0.4 is 10.1 Å². The van der Waals surface area contributed by atoms with Gasteiger partial charge < -0.3 is 15.2 Å². The van der Waals surface area contributed by atoms with E-state index in [0.29, 0.717) is 24.8 Å². The highest BCUT2D eigenvalue weighted by molar-refractivity contribution is 7.09. The Balaban J connectivity index is 1.43. The SMILES string of the molecule is Cc1nc(-c2cccc(OCCNC[C@H](O)c3ccc(Cl)nc3)c2)cs1. The molecule has 26 heavy (non-hydrogen) atoms. The third-order valence-electron chi connectivity index (χ3n) is 3.77. The Kier molecular flexibility index (Phi) is 6.57. The number of aliphatic hydroxyl groups excluding tert-OH is 1. The van der Waals surface area contributed by atoms with Gasteiger partial charge in [0.1, 0.15) is 17.5 Å². The van der Waals surface area contributed by atoms with E-state index >= 15 is 0 Å². The van der Waals surface area contributed by atoms with Gasteiger partial charge in [-0.2, -0.15) is 0 Å². The summed E-state index contributed by atoms with van der Waals surface area (Å²) in [5.41, 5.74) is 2.75. The lowest BCUT2D eigenvalue weighted by molar-refractivity contribution is 0.171. The van der Waals surface area contributed by atoms with Crippen LogP contribution in [0.15, 0.2) is 48.0 Å². The molecule has 3 aromatic rings. The van der Waals surface area contributed by atoms with Gasteiger partial charge >= 0.3 is 0 Å². The van der Waals surface area contributed by atoms with Crippen molar-refractivity contribution in [2.45, 2.75) is 13.0 Å². The summed E-state index contributed by atoms with van der Waals surface area (Å²) < 4.78 is 5.78. The molecule has 2 N–H and O–H groups in total. The average molecular weight is 390 g/mol. The van der Waals surface area contributed by atoms with Crippen LogP contribution in [-0.2, 0) is 0 Å². The van der Waals surface area contributed by atoms with Gasteiger partial charge in [-0.15, -0.1) is 11.3 Å². The van der Waals surface area contributed by atoms with E-state index in [1.807, 2.05) is 36.6 Å². The molecule has 0 saturated carbocycles. The number of thiazole rings is 1. The summed E-state index contributed by atoms with van der Waals surface area (Å²) in [6, 6.07) is 11.3. The van der Waals surface area contributed by atoms with Crippen LogP contribution in [0, 0.1) is 6.92 Å². The van der Waals surface area contributed by atoms with E-state index in [9.17, 15) is 5.11 Å². The number of aromatic nitrogens is 2. The van der Waals surface area contributed by atoms with E-state index in [-0.39, 0.29) is 0 Å². The molecule has 0 aliphatic carbocycles. The fourth-order valence-electron chi connectivity index (χ4n) is 2.42. The number of nitrogens with zero attached hydrogens (tertiary/aromatic N) is 2. The number of rotatable bonds is 8. The number of aliphatic hydroxyl groups is 1. The predicted octanol–water partition coefficient (Wildman–Crippen LogP) is 3.87. The molecule has 3 rings (SSSR count). The predicted molar refractivity (Wildman–Crippen MR) is 105 cm³/mol. The lowest BCUT2D eigenvalue weighted by Crippen LogP contribution is -2.26. The first kappa shape index (κ1) is 18.8. The third kappa shape index (κ3) is 5.25. The Hall–Kier alpha value is -1.99. The summed E-state index contributed by atoms with van der Waals surface area (Å²) in [7, 11) is 0. The van der Waals surface area contributed by atoms with Gasteiger partial charge in [-0.05, 0) is 25.1 Å². The summed E-state index contributed by atoms with van der Waals surface area (Å²) in [4.78, 5) is 8.46. The van der Waals surface area contributed by atoms with Crippen LogP contribution in [0.5, 0.6) is 5.75 Å². The summed E-state index contributed by atoms with van der Waals surface area (Å²) in [5.74, 6) is 0.803. The molecule has 0 aliphatic rings. The van der Waals surface area contributed by atoms with Crippen molar-refractivity contribution in [3.05, 3.63) is 63.7 Å². The lowest BCUT2D eigenvalue weighted by Gasteiger charge is -2.12. The minimum absolute atomic E-state index is 0.414. The van der Waals surface area contributed by atoms with Crippen molar-refractivity contribution in [3.63, 3.8) is 0 Å². The fraction of sp³-hybridized carbons (Fsp3) is 0.263. The number of benzene rings is 1. The van der Waals surface area contributed by atoms with Crippen molar-refractivity contribution in [1.82, 2.24) is 15.3 Å². The summed E-state index contributed by atoms with van der Waals surface area (Å²) in [6.07, 6.45) is 0.952. The molecule has 0 unspecified atom stereocenters. The minimum atomic E-state index is -0.629. The van der Waals surface area contributed by atoms with Gasteiger partial charge in [-0.25, -0.2) is 9.97 Å². The van der Waals surface area contributed by atoms with Crippen molar-refractivity contribution in [2.75, 3.05) is 19.7 Å². The van der Waals surface area contributed by atoms with E-state index in [0.717, 1.165) is 27.6 Å². The molecular weight excluding hydrogens is 370 g/mol. The third-order valence-corrected chi connectivity index (χ3v) is 4.77. The first-order chi connectivity index (χ1) is 12.6. The molecular formula is C19H20ClN3O2S. The van der Waals surface area contributed by atoms with Crippen LogP contribution in [0.4, 0.5) is 0 Å². The van der Waals surface area contributed by atoms with Gasteiger partial charge in [0, 0.05) is 35.8 Å². The molecule has 1 aromatic carbocycles. The molecule has 0 aliphatic heterocycles. The maximum Gasteiger partial charge on any atom is 0.129 e. The van der Waals surface area contributed by atoms with E-state index in [4.69, 9.17) is 16.3 Å². The minimum Gasteiger partial charge on any atom is -0.492 e. The number of pyridine rings is 1. The molecule has 0 fully saturated rings. The number of ether oxygens (including phenoxy) is 1.